The van der Waals surface area contributed by atoms with E-state index in [2.05, 4.69) is 18.5 Å². The Morgan fingerprint density at radius 3 is 1.59 bits per heavy atom. The zero-order valence-electron chi connectivity index (χ0n) is 11.6. The van der Waals surface area contributed by atoms with E-state index in [1.165, 1.54) is 70.9 Å². The maximum Gasteiger partial charge on any atom is -0.00488 e. The standard InChI is InChI=1S/C16H31N/c1-3-5-7-9-10-11-12-14-16-17-15-13-8-6-4-2/h3-4,17H,1-2,5-16H2. The SMILES string of the molecule is C=CCCCCCCCCNCCCCC=C. The van der Waals surface area contributed by atoms with E-state index in [1.807, 2.05) is 12.2 Å². The summed E-state index contributed by atoms with van der Waals surface area (Å²) in [6, 6.07) is 0. The smallest absolute Gasteiger partial charge is 0.00488 e. The van der Waals surface area contributed by atoms with Gasteiger partial charge in [0.25, 0.3) is 0 Å². The molecule has 1 nitrogen and oxygen atoms in total. The first-order chi connectivity index (χ1) is 8.41. The molecule has 0 fully saturated rings. The van der Waals surface area contributed by atoms with Crippen LogP contribution in [-0.4, -0.2) is 13.1 Å². The molecule has 0 aliphatic heterocycles. The molecule has 17 heavy (non-hydrogen) atoms. The van der Waals surface area contributed by atoms with Crippen LogP contribution < -0.4 is 5.32 Å². The molecule has 0 aliphatic rings. The first kappa shape index (κ1) is 16.4. The van der Waals surface area contributed by atoms with Crippen molar-refractivity contribution in [2.24, 2.45) is 0 Å². The third-order valence-electron chi connectivity index (χ3n) is 3.02. The van der Waals surface area contributed by atoms with Gasteiger partial charge in [-0.2, -0.15) is 0 Å². The molecular formula is C16H31N. The van der Waals surface area contributed by atoms with Crippen LogP contribution in [-0.2, 0) is 0 Å². The Morgan fingerprint density at radius 2 is 1.00 bits per heavy atom. The molecule has 0 aromatic carbocycles. The van der Waals surface area contributed by atoms with Crippen molar-refractivity contribution in [3.63, 3.8) is 0 Å². The van der Waals surface area contributed by atoms with Gasteiger partial charge in [-0.3, -0.25) is 0 Å². The summed E-state index contributed by atoms with van der Waals surface area (Å²) in [7, 11) is 0. The van der Waals surface area contributed by atoms with Gasteiger partial charge in [-0.25, -0.2) is 0 Å². The summed E-state index contributed by atoms with van der Waals surface area (Å²) in [5.41, 5.74) is 0. The van der Waals surface area contributed by atoms with Crippen LogP contribution in [0.2, 0.25) is 0 Å². The molecule has 0 saturated carbocycles. The van der Waals surface area contributed by atoms with E-state index < -0.39 is 0 Å². The maximum atomic E-state index is 3.74. The molecule has 0 bridgehead atoms. The molecule has 0 unspecified atom stereocenters. The van der Waals surface area contributed by atoms with E-state index in [1.54, 1.807) is 0 Å². The third-order valence-corrected chi connectivity index (χ3v) is 3.02. The molecule has 0 atom stereocenters. The van der Waals surface area contributed by atoms with Gasteiger partial charge in [0.1, 0.15) is 0 Å². The van der Waals surface area contributed by atoms with Gasteiger partial charge < -0.3 is 5.32 Å². The highest BCUT2D eigenvalue weighted by molar-refractivity contribution is 4.66. The van der Waals surface area contributed by atoms with E-state index in [0.717, 1.165) is 6.42 Å². The van der Waals surface area contributed by atoms with Crippen LogP contribution in [0.4, 0.5) is 0 Å². The number of unbranched alkanes of at least 4 members (excludes halogenated alkanes) is 8. The molecule has 0 amide bonds. The minimum Gasteiger partial charge on any atom is -0.317 e. The normalized spacial score (nSPS) is 10.4. The number of nitrogens with one attached hydrogen (secondary N) is 1. The number of hydrogen-bond donors (Lipinski definition) is 1. The maximum absolute atomic E-state index is 3.74. The first-order valence-electron chi connectivity index (χ1n) is 7.34. The molecule has 1 N–H and O–H groups in total. The van der Waals surface area contributed by atoms with Crippen molar-refractivity contribution in [1.82, 2.24) is 5.32 Å². The number of allylic oxidation sites excluding steroid dienone is 2. The summed E-state index contributed by atoms with van der Waals surface area (Å²) in [6.07, 6.45) is 17.2. The fourth-order valence-electron chi connectivity index (χ4n) is 1.91. The van der Waals surface area contributed by atoms with Gasteiger partial charge in [-0.15, -0.1) is 13.2 Å². The lowest BCUT2D eigenvalue weighted by Gasteiger charge is -2.04. The summed E-state index contributed by atoms with van der Waals surface area (Å²) in [5.74, 6) is 0. The zero-order valence-corrected chi connectivity index (χ0v) is 11.6. The van der Waals surface area contributed by atoms with Gasteiger partial charge in [-0.1, -0.05) is 37.8 Å². The van der Waals surface area contributed by atoms with Crippen molar-refractivity contribution in [1.29, 1.82) is 0 Å². The zero-order chi connectivity index (χ0) is 12.6. The van der Waals surface area contributed by atoms with E-state index in [4.69, 9.17) is 0 Å². The van der Waals surface area contributed by atoms with Crippen LogP contribution in [0, 0.1) is 0 Å². The number of hydrogen-bond acceptors (Lipinski definition) is 1. The second-order valence-corrected chi connectivity index (χ2v) is 4.73. The quantitative estimate of drug-likeness (QED) is 0.336. The molecular weight excluding hydrogens is 206 g/mol. The van der Waals surface area contributed by atoms with Crippen LogP contribution in [0.5, 0.6) is 0 Å². The highest BCUT2D eigenvalue weighted by Gasteiger charge is 1.91. The second kappa shape index (κ2) is 15.4. The van der Waals surface area contributed by atoms with Crippen molar-refractivity contribution in [3.05, 3.63) is 25.3 Å². The van der Waals surface area contributed by atoms with Gasteiger partial charge >= 0.3 is 0 Å². The average Bonchev–Trinajstić information content (AvgIpc) is 2.35. The Labute approximate surface area is 108 Å². The van der Waals surface area contributed by atoms with E-state index in [9.17, 15) is 0 Å². The lowest BCUT2D eigenvalue weighted by atomic mass is 10.1. The molecule has 1 heteroatoms. The fourth-order valence-corrected chi connectivity index (χ4v) is 1.91. The summed E-state index contributed by atoms with van der Waals surface area (Å²) in [6.45, 7) is 9.84. The average molecular weight is 237 g/mol. The van der Waals surface area contributed by atoms with Gasteiger partial charge in [0.05, 0.1) is 0 Å². The predicted molar refractivity (Wildman–Crippen MR) is 79.4 cm³/mol. The van der Waals surface area contributed by atoms with Crippen molar-refractivity contribution in [2.75, 3.05) is 13.1 Å². The van der Waals surface area contributed by atoms with E-state index in [0.29, 0.717) is 0 Å². The third kappa shape index (κ3) is 15.4. The Bertz CT molecular complexity index is 145. The second-order valence-electron chi connectivity index (χ2n) is 4.73. The van der Waals surface area contributed by atoms with Crippen molar-refractivity contribution >= 4 is 0 Å². The van der Waals surface area contributed by atoms with Crippen LogP contribution in [0.1, 0.15) is 64.2 Å². The summed E-state index contributed by atoms with van der Waals surface area (Å²) in [5, 5.41) is 3.51. The minimum absolute atomic E-state index is 1.16. The molecule has 0 aliphatic carbocycles. The monoisotopic (exact) mass is 237 g/mol. The fraction of sp³-hybridized carbons (Fsp3) is 0.750. The van der Waals surface area contributed by atoms with Crippen LogP contribution >= 0.6 is 0 Å². The Morgan fingerprint density at radius 1 is 0.588 bits per heavy atom. The van der Waals surface area contributed by atoms with E-state index in [-0.39, 0.29) is 0 Å². The lowest BCUT2D eigenvalue weighted by Crippen LogP contribution is -2.16. The molecule has 0 heterocycles. The van der Waals surface area contributed by atoms with Crippen molar-refractivity contribution in [2.45, 2.75) is 64.2 Å². The Balaban J connectivity index is 2.89. The van der Waals surface area contributed by atoms with Crippen LogP contribution in [0.15, 0.2) is 25.3 Å². The van der Waals surface area contributed by atoms with E-state index >= 15 is 0 Å². The molecule has 0 radical (unpaired) electrons. The summed E-state index contributed by atoms with van der Waals surface area (Å²) >= 11 is 0. The first-order valence-corrected chi connectivity index (χ1v) is 7.34. The van der Waals surface area contributed by atoms with Gasteiger partial charge in [0.2, 0.25) is 0 Å². The van der Waals surface area contributed by atoms with Crippen LogP contribution in [0.3, 0.4) is 0 Å². The minimum atomic E-state index is 1.16. The summed E-state index contributed by atoms with van der Waals surface area (Å²) in [4.78, 5) is 0. The molecule has 0 rings (SSSR count). The van der Waals surface area contributed by atoms with Gasteiger partial charge in [-0.05, 0) is 51.6 Å². The Kier molecular flexibility index (Phi) is 14.9. The summed E-state index contributed by atoms with van der Waals surface area (Å²) < 4.78 is 0. The topological polar surface area (TPSA) is 12.0 Å². The molecule has 0 aromatic rings. The largest absolute Gasteiger partial charge is 0.317 e. The molecule has 100 valence electrons. The lowest BCUT2D eigenvalue weighted by molar-refractivity contribution is 0.556. The molecule has 0 spiro atoms. The highest BCUT2D eigenvalue weighted by atomic mass is 14.8. The van der Waals surface area contributed by atoms with Crippen molar-refractivity contribution in [3.8, 4) is 0 Å². The van der Waals surface area contributed by atoms with Gasteiger partial charge in [0.15, 0.2) is 0 Å². The predicted octanol–water partition coefficient (Wildman–Crippen LogP) is 4.85. The van der Waals surface area contributed by atoms with Gasteiger partial charge in [0, 0.05) is 0 Å². The van der Waals surface area contributed by atoms with Crippen molar-refractivity contribution < 1.29 is 0 Å². The highest BCUT2D eigenvalue weighted by Crippen LogP contribution is 2.06. The Hall–Kier alpha value is -0.560. The van der Waals surface area contributed by atoms with Crippen LogP contribution in [0.25, 0.3) is 0 Å². The number of rotatable bonds is 14. The molecule has 0 saturated heterocycles. The molecule has 0 aromatic heterocycles.